The van der Waals surface area contributed by atoms with Crippen LogP contribution in [0.25, 0.3) is 16.9 Å². The monoisotopic (exact) mass is 596 g/mol. The predicted octanol–water partition coefficient (Wildman–Crippen LogP) is 3.84. The smallest absolute Gasteiger partial charge is 0.324 e. The third-order valence-corrected chi connectivity index (χ3v) is 8.14. The van der Waals surface area contributed by atoms with Gasteiger partial charge >= 0.3 is 5.97 Å². The molecule has 0 radical (unpaired) electrons. The lowest BCUT2D eigenvalue weighted by molar-refractivity contribution is -0.135. The van der Waals surface area contributed by atoms with Gasteiger partial charge in [0.05, 0.1) is 16.1 Å². The summed E-state index contributed by atoms with van der Waals surface area (Å²) in [7, 11) is -4.28. The number of rotatable bonds is 7. The van der Waals surface area contributed by atoms with Crippen LogP contribution in [0.15, 0.2) is 65.8 Å². The number of nitrogens with zero attached hydrogens (tertiary/aromatic N) is 5. The van der Waals surface area contributed by atoms with E-state index in [9.17, 15) is 18.3 Å². The number of aromatic nitrogens is 3. The minimum Gasteiger partial charge on any atom is -0.480 e. The van der Waals surface area contributed by atoms with Gasteiger partial charge in [-0.3, -0.25) is 13.7 Å². The van der Waals surface area contributed by atoms with Crippen molar-refractivity contribution >= 4 is 74.0 Å². The third kappa shape index (κ3) is 5.67. The van der Waals surface area contributed by atoms with E-state index in [1.165, 1.54) is 18.2 Å². The molecule has 0 atom stereocenters. The number of piperazine rings is 1. The first-order chi connectivity index (χ1) is 17.7. The highest BCUT2D eigenvalue weighted by Crippen LogP contribution is 2.31. The van der Waals surface area contributed by atoms with Crippen LogP contribution in [0.1, 0.15) is 0 Å². The second-order valence-corrected chi connectivity index (χ2v) is 11.1. The molecule has 1 saturated heterocycles. The molecule has 1 aliphatic rings. The number of hydrogen-bond acceptors (Lipinski definition) is 7. The van der Waals surface area contributed by atoms with Crippen LogP contribution in [0.2, 0.25) is 10.0 Å². The molecule has 200 valence electrons. The molecular weight excluding hydrogens is 575 g/mol. The molecule has 3 heterocycles. The molecule has 0 unspecified atom stereocenters. The first-order valence-corrected chi connectivity index (χ1v) is 13.5. The van der Waals surface area contributed by atoms with E-state index in [1.807, 2.05) is 6.07 Å². The molecule has 10 nitrogen and oxygen atoms in total. The van der Waals surface area contributed by atoms with E-state index in [-0.39, 0.29) is 33.0 Å². The van der Waals surface area contributed by atoms with Gasteiger partial charge in [0.2, 0.25) is 5.95 Å². The van der Waals surface area contributed by atoms with Gasteiger partial charge in [-0.15, -0.1) is 12.4 Å². The number of nitrogens with one attached hydrogen (secondary N) is 1. The van der Waals surface area contributed by atoms with Gasteiger partial charge in [0.25, 0.3) is 10.0 Å². The number of hydrogen-bond donors (Lipinski definition) is 2. The summed E-state index contributed by atoms with van der Waals surface area (Å²) in [6, 6.07) is 12.4. The van der Waals surface area contributed by atoms with E-state index in [1.54, 1.807) is 41.2 Å². The quantitative estimate of drug-likeness (QED) is 0.330. The second-order valence-electron chi connectivity index (χ2n) is 8.39. The Labute approximate surface area is 235 Å². The van der Waals surface area contributed by atoms with Crippen molar-refractivity contribution in [2.24, 2.45) is 0 Å². The molecule has 2 N–H and O–H groups in total. The highest BCUT2D eigenvalue weighted by atomic mass is 35.5. The van der Waals surface area contributed by atoms with Gasteiger partial charge in [-0.25, -0.2) is 13.4 Å². The Kier molecular flexibility index (Phi) is 8.34. The molecule has 0 aliphatic carbocycles. The Bertz CT molecular complexity index is 1570. The van der Waals surface area contributed by atoms with Crippen LogP contribution < -0.4 is 14.5 Å². The van der Waals surface area contributed by atoms with E-state index in [4.69, 9.17) is 28.2 Å². The van der Waals surface area contributed by atoms with E-state index in [2.05, 4.69) is 15.2 Å². The lowest BCUT2D eigenvalue weighted by Crippen LogP contribution is -2.44. The van der Waals surface area contributed by atoms with Crippen LogP contribution in [0.4, 0.5) is 11.5 Å². The van der Waals surface area contributed by atoms with Crippen LogP contribution >= 0.6 is 35.6 Å². The maximum Gasteiger partial charge on any atom is 0.324 e. The molecule has 0 spiro atoms. The number of aliphatic carboxylic acids is 1. The number of carboxylic acids is 1. The van der Waals surface area contributed by atoms with Crippen LogP contribution in [0.5, 0.6) is 0 Å². The zero-order valence-electron chi connectivity index (χ0n) is 19.8. The van der Waals surface area contributed by atoms with Crippen molar-refractivity contribution in [3.63, 3.8) is 0 Å². The Morgan fingerprint density at radius 2 is 1.76 bits per heavy atom. The number of fused-ring (bicyclic) bond motifs is 1. The molecule has 2 aromatic heterocycles. The predicted molar refractivity (Wildman–Crippen MR) is 150 cm³/mol. The van der Waals surface area contributed by atoms with Crippen LogP contribution in [-0.4, -0.2) is 66.8 Å². The van der Waals surface area contributed by atoms with Gasteiger partial charge in [-0.05, 0) is 48.5 Å². The van der Waals surface area contributed by atoms with Crippen LogP contribution in [0.3, 0.4) is 0 Å². The summed E-state index contributed by atoms with van der Waals surface area (Å²) < 4.78 is 29.5. The van der Waals surface area contributed by atoms with Crippen LogP contribution in [-0.2, 0) is 14.8 Å². The first kappa shape index (κ1) is 27.9. The molecule has 38 heavy (non-hydrogen) atoms. The molecule has 0 bridgehead atoms. The van der Waals surface area contributed by atoms with Gasteiger partial charge in [-0.1, -0.05) is 23.2 Å². The van der Waals surface area contributed by atoms with E-state index in [0.717, 1.165) is 41.8 Å². The normalized spacial score (nSPS) is 13.8. The van der Waals surface area contributed by atoms with E-state index in [0.29, 0.717) is 11.3 Å². The third-order valence-electron chi connectivity index (χ3n) is 5.95. The fourth-order valence-corrected chi connectivity index (χ4v) is 6.36. The Morgan fingerprint density at radius 3 is 2.45 bits per heavy atom. The highest BCUT2D eigenvalue weighted by Gasteiger charge is 2.28. The van der Waals surface area contributed by atoms with Gasteiger partial charge in [0.1, 0.15) is 12.4 Å². The number of halogens is 3. The lowest BCUT2D eigenvalue weighted by Gasteiger charge is -2.28. The molecule has 0 amide bonds. The summed E-state index contributed by atoms with van der Waals surface area (Å²) in [5, 5.41) is 13.7. The summed E-state index contributed by atoms with van der Waals surface area (Å²) in [5.41, 5.74) is 0.916. The Balaban J connectivity index is 0.00000336. The van der Waals surface area contributed by atoms with E-state index >= 15 is 0 Å². The van der Waals surface area contributed by atoms with Crippen molar-refractivity contribution in [1.82, 2.24) is 19.9 Å². The van der Waals surface area contributed by atoms with Crippen molar-refractivity contribution in [2.75, 3.05) is 41.9 Å². The number of benzene rings is 2. The number of anilines is 2. The largest absolute Gasteiger partial charge is 0.480 e. The number of carbonyl (C=O) groups is 1. The molecule has 1 fully saturated rings. The Morgan fingerprint density at radius 1 is 1.05 bits per heavy atom. The molecule has 4 aromatic rings. The summed E-state index contributed by atoms with van der Waals surface area (Å²) >= 11 is 12.0. The lowest BCUT2D eigenvalue weighted by atomic mass is 10.2. The molecule has 0 saturated carbocycles. The van der Waals surface area contributed by atoms with Crippen molar-refractivity contribution in [1.29, 1.82) is 0 Å². The zero-order chi connectivity index (χ0) is 26.2. The van der Waals surface area contributed by atoms with Gasteiger partial charge in [0.15, 0.2) is 0 Å². The summed E-state index contributed by atoms with van der Waals surface area (Å²) in [6.45, 7) is 2.67. The van der Waals surface area contributed by atoms with Crippen LogP contribution in [0, 0.1) is 0 Å². The molecule has 14 heteroatoms. The minimum atomic E-state index is -4.28. The van der Waals surface area contributed by atoms with Crippen molar-refractivity contribution in [2.45, 2.75) is 4.90 Å². The summed E-state index contributed by atoms with van der Waals surface area (Å²) in [6.07, 6.45) is 3.50. The Hall–Kier alpha value is -3.09. The number of carboxylic acid groups (broad SMARTS) is 1. The van der Waals surface area contributed by atoms with Crippen molar-refractivity contribution in [3.05, 3.63) is 71.0 Å². The van der Waals surface area contributed by atoms with E-state index < -0.39 is 22.5 Å². The maximum atomic E-state index is 13.4. The standard InChI is InChI=1S/C24H22Cl2N6O4S.ClH/c25-17-12-18(26)14-20(13-17)37(35,36)32(15-23(33)34)19-1-2-21-16(11-19)4-8-31(21)24-28-5-3-22(29-24)30-9-6-27-7-10-30;/h1-5,8,11-14,27H,6-7,9-10,15H2,(H,33,34);1H. The van der Waals surface area contributed by atoms with Gasteiger partial charge in [-0.2, -0.15) is 4.98 Å². The molecule has 2 aromatic carbocycles. The average Bonchev–Trinajstić information content (AvgIpc) is 3.30. The zero-order valence-corrected chi connectivity index (χ0v) is 22.9. The average molecular weight is 598 g/mol. The highest BCUT2D eigenvalue weighted by molar-refractivity contribution is 7.92. The molecular formula is C24H23Cl3N6O4S. The topological polar surface area (TPSA) is 121 Å². The molecule has 5 rings (SSSR count). The first-order valence-electron chi connectivity index (χ1n) is 11.3. The van der Waals surface area contributed by atoms with Gasteiger partial charge in [0, 0.05) is 54.0 Å². The summed E-state index contributed by atoms with van der Waals surface area (Å²) in [5.74, 6) is -0.0151. The SMILES string of the molecule is Cl.O=C(O)CN(c1ccc2c(ccn2-c2nccc(N3CCNCC3)n2)c1)S(=O)(=O)c1cc(Cl)cc(Cl)c1. The van der Waals surface area contributed by atoms with Gasteiger partial charge < -0.3 is 15.3 Å². The second kappa shape index (κ2) is 11.3. The summed E-state index contributed by atoms with van der Waals surface area (Å²) in [4.78, 5) is 22.7. The maximum absolute atomic E-state index is 13.4. The van der Waals surface area contributed by atoms with Crippen molar-refractivity contribution < 1.29 is 18.3 Å². The van der Waals surface area contributed by atoms with Crippen molar-refractivity contribution in [3.8, 4) is 5.95 Å². The number of sulfonamides is 1. The fourth-order valence-electron chi connectivity index (χ4n) is 4.23. The minimum absolute atomic E-state index is 0. The molecule has 1 aliphatic heterocycles. The fraction of sp³-hybridized carbons (Fsp3) is 0.208.